The molecule has 0 saturated carbocycles. The van der Waals surface area contributed by atoms with Crippen molar-refractivity contribution in [2.75, 3.05) is 0 Å². The van der Waals surface area contributed by atoms with Gasteiger partial charge in [0, 0.05) is 0 Å². The molecule has 0 unspecified atom stereocenters. The molecule has 0 aliphatic carbocycles. The van der Waals surface area contributed by atoms with Gasteiger partial charge in [-0.2, -0.15) is 0 Å². The van der Waals surface area contributed by atoms with Crippen LogP contribution in [0.3, 0.4) is 0 Å². The van der Waals surface area contributed by atoms with Gasteiger partial charge in [0.15, 0.2) is 0 Å². The summed E-state index contributed by atoms with van der Waals surface area (Å²) in [4.78, 5) is 11.7. The maximum absolute atomic E-state index is 11.4. The van der Waals surface area contributed by atoms with Crippen LogP contribution in [-0.2, 0) is 10.0 Å². The minimum atomic E-state index is -4.07. The van der Waals surface area contributed by atoms with E-state index in [4.69, 9.17) is 10.3 Å². The third-order valence-corrected chi connectivity index (χ3v) is 3.52. The van der Waals surface area contributed by atoms with Crippen molar-refractivity contribution in [2.24, 2.45) is 0 Å². The van der Waals surface area contributed by atoms with Gasteiger partial charge in [-0.1, -0.05) is 4.89 Å². The highest BCUT2D eigenvalue weighted by molar-refractivity contribution is 7.89. The van der Waals surface area contributed by atoms with Crippen LogP contribution in [0.1, 0.15) is 21.5 Å². The number of sulfonamides is 1. The van der Waals surface area contributed by atoms with Gasteiger partial charge in [0.2, 0.25) is 0 Å². The summed E-state index contributed by atoms with van der Waals surface area (Å²) in [5.41, 5.74) is 0.775. The molecule has 0 atom stereocenters. The van der Waals surface area contributed by atoms with Crippen LogP contribution in [0.15, 0.2) is 17.0 Å². The second-order valence-corrected chi connectivity index (χ2v) is 4.95. The lowest BCUT2D eigenvalue weighted by Crippen LogP contribution is -2.21. The second-order valence-electron chi connectivity index (χ2n) is 3.32. The van der Waals surface area contributed by atoms with E-state index in [1.54, 1.807) is 6.92 Å². The Morgan fingerprint density at radius 1 is 1.31 bits per heavy atom. The van der Waals surface area contributed by atoms with Gasteiger partial charge < -0.3 is 10.3 Å². The molecule has 1 aromatic carbocycles. The molecule has 0 bridgehead atoms. The van der Waals surface area contributed by atoms with Crippen LogP contribution in [0.5, 0.6) is 0 Å². The molecule has 1 aromatic rings. The minimum absolute atomic E-state index is 0.142. The third-order valence-electron chi connectivity index (χ3n) is 2.28. The molecule has 7 heteroatoms. The zero-order valence-corrected chi connectivity index (χ0v) is 9.50. The molecular formula is C9H11NO5S. The first-order valence-corrected chi connectivity index (χ1v) is 5.78. The van der Waals surface area contributed by atoms with Crippen LogP contribution >= 0.6 is 0 Å². The standard InChI is InChI=1S/C9H11NO5S/c1-5-3-7(9(11)12)4-8(6(5)2)16(14,15)10-13/h3-4,10,13H,1-2H3,(H,11,12). The topological polar surface area (TPSA) is 104 Å². The van der Waals surface area contributed by atoms with E-state index < -0.39 is 16.0 Å². The van der Waals surface area contributed by atoms with Crippen LogP contribution in [-0.4, -0.2) is 24.7 Å². The highest BCUT2D eigenvalue weighted by atomic mass is 32.2. The van der Waals surface area contributed by atoms with Gasteiger partial charge in [-0.15, -0.1) is 0 Å². The molecule has 88 valence electrons. The van der Waals surface area contributed by atoms with Crippen LogP contribution in [0.25, 0.3) is 0 Å². The number of rotatable bonds is 3. The van der Waals surface area contributed by atoms with Gasteiger partial charge in [-0.05, 0) is 37.1 Å². The predicted molar refractivity (Wildman–Crippen MR) is 55.0 cm³/mol. The van der Waals surface area contributed by atoms with E-state index in [0.29, 0.717) is 11.1 Å². The quantitative estimate of drug-likeness (QED) is 0.679. The molecule has 3 N–H and O–H groups in total. The van der Waals surface area contributed by atoms with Gasteiger partial charge in [0.1, 0.15) is 0 Å². The van der Waals surface area contributed by atoms with Crippen LogP contribution in [0.2, 0.25) is 0 Å². The summed E-state index contributed by atoms with van der Waals surface area (Å²) in [7, 11) is -4.07. The van der Waals surface area contributed by atoms with E-state index in [9.17, 15) is 13.2 Å². The molecular weight excluding hydrogens is 234 g/mol. The minimum Gasteiger partial charge on any atom is -0.478 e. The summed E-state index contributed by atoms with van der Waals surface area (Å²) in [6.45, 7) is 3.13. The van der Waals surface area contributed by atoms with Gasteiger partial charge in [-0.25, -0.2) is 13.2 Å². The maximum atomic E-state index is 11.4. The molecule has 6 nitrogen and oxygen atoms in total. The van der Waals surface area contributed by atoms with Crippen molar-refractivity contribution in [1.82, 2.24) is 4.89 Å². The number of aromatic carboxylic acids is 1. The van der Waals surface area contributed by atoms with E-state index in [-0.39, 0.29) is 10.5 Å². The molecule has 0 spiro atoms. The van der Waals surface area contributed by atoms with Crippen LogP contribution in [0.4, 0.5) is 0 Å². The zero-order chi connectivity index (χ0) is 12.5. The van der Waals surface area contributed by atoms with Crippen molar-refractivity contribution >= 4 is 16.0 Å². The Kier molecular flexibility index (Phi) is 3.32. The molecule has 0 aliphatic rings. The lowest BCUT2D eigenvalue weighted by Gasteiger charge is -2.09. The average molecular weight is 245 g/mol. The SMILES string of the molecule is Cc1cc(C(=O)O)cc(S(=O)(=O)NO)c1C. The molecule has 0 fully saturated rings. The Hall–Kier alpha value is -1.44. The number of nitrogens with one attached hydrogen (secondary N) is 1. The number of aryl methyl sites for hydroxylation is 1. The Morgan fingerprint density at radius 2 is 1.88 bits per heavy atom. The third kappa shape index (κ3) is 2.21. The van der Waals surface area contributed by atoms with Crippen molar-refractivity contribution in [2.45, 2.75) is 18.7 Å². The van der Waals surface area contributed by atoms with Crippen LogP contribution in [0, 0.1) is 13.8 Å². The number of carboxylic acids is 1. The fraction of sp³-hybridized carbons (Fsp3) is 0.222. The van der Waals surface area contributed by atoms with Gasteiger partial charge >= 0.3 is 5.97 Å². The van der Waals surface area contributed by atoms with Crippen molar-refractivity contribution in [3.8, 4) is 0 Å². The van der Waals surface area contributed by atoms with Crippen molar-refractivity contribution in [1.29, 1.82) is 0 Å². The average Bonchev–Trinajstić information content (AvgIpc) is 2.21. The molecule has 0 aliphatic heterocycles. The highest BCUT2D eigenvalue weighted by Gasteiger charge is 2.19. The Bertz CT molecular complexity index is 535. The molecule has 0 aromatic heterocycles. The number of hydrogen-bond acceptors (Lipinski definition) is 4. The molecule has 0 saturated heterocycles. The molecule has 0 amide bonds. The summed E-state index contributed by atoms with van der Waals surface area (Å²) in [5, 5.41) is 17.3. The normalized spacial score (nSPS) is 11.4. The number of carbonyl (C=O) groups is 1. The molecule has 0 heterocycles. The van der Waals surface area contributed by atoms with E-state index in [1.165, 1.54) is 17.9 Å². The number of carboxylic acid groups (broad SMARTS) is 1. The Morgan fingerprint density at radius 3 is 2.31 bits per heavy atom. The Balaban J connectivity index is 3.57. The fourth-order valence-corrected chi connectivity index (χ4v) is 2.22. The first-order valence-electron chi connectivity index (χ1n) is 4.30. The van der Waals surface area contributed by atoms with E-state index in [0.717, 1.165) is 6.07 Å². The number of hydrogen-bond donors (Lipinski definition) is 3. The van der Waals surface area contributed by atoms with Crippen molar-refractivity contribution in [3.05, 3.63) is 28.8 Å². The maximum Gasteiger partial charge on any atom is 0.335 e. The van der Waals surface area contributed by atoms with E-state index in [2.05, 4.69) is 0 Å². The smallest absolute Gasteiger partial charge is 0.335 e. The Labute approximate surface area is 92.5 Å². The summed E-state index contributed by atoms with van der Waals surface area (Å²) >= 11 is 0. The predicted octanol–water partition coefficient (Wildman–Crippen LogP) is 0.669. The van der Waals surface area contributed by atoms with Gasteiger partial charge in [0.25, 0.3) is 10.0 Å². The second kappa shape index (κ2) is 4.20. The molecule has 16 heavy (non-hydrogen) atoms. The highest BCUT2D eigenvalue weighted by Crippen LogP contribution is 2.20. The lowest BCUT2D eigenvalue weighted by atomic mass is 10.1. The zero-order valence-electron chi connectivity index (χ0n) is 8.68. The summed E-state index contributed by atoms with van der Waals surface area (Å²) in [6.07, 6.45) is 0. The van der Waals surface area contributed by atoms with E-state index in [1.807, 2.05) is 0 Å². The summed E-state index contributed by atoms with van der Waals surface area (Å²) in [6, 6.07) is 2.37. The van der Waals surface area contributed by atoms with Crippen molar-refractivity contribution in [3.63, 3.8) is 0 Å². The largest absolute Gasteiger partial charge is 0.478 e. The van der Waals surface area contributed by atoms with Gasteiger partial charge in [0.05, 0.1) is 10.5 Å². The molecule has 1 rings (SSSR count). The van der Waals surface area contributed by atoms with E-state index >= 15 is 0 Å². The first-order chi connectivity index (χ1) is 7.29. The summed E-state index contributed by atoms with van der Waals surface area (Å²) in [5.74, 6) is -1.22. The first kappa shape index (κ1) is 12.6. The summed E-state index contributed by atoms with van der Waals surface area (Å²) < 4.78 is 22.8. The molecule has 0 radical (unpaired) electrons. The van der Waals surface area contributed by atoms with Crippen LogP contribution < -0.4 is 4.89 Å². The number of benzene rings is 1. The van der Waals surface area contributed by atoms with Gasteiger partial charge in [-0.3, -0.25) is 0 Å². The van der Waals surface area contributed by atoms with Crippen molar-refractivity contribution < 1.29 is 23.5 Å². The lowest BCUT2D eigenvalue weighted by molar-refractivity contribution is 0.0696. The monoisotopic (exact) mass is 245 g/mol. The fourth-order valence-electron chi connectivity index (χ4n) is 1.28.